The van der Waals surface area contributed by atoms with Crippen molar-refractivity contribution in [2.75, 3.05) is 6.54 Å². The second-order valence-electron chi connectivity index (χ2n) is 3.64. The molecule has 0 fully saturated rings. The van der Waals surface area contributed by atoms with Crippen LogP contribution in [0.25, 0.3) is 0 Å². The number of ether oxygens (including phenoxy) is 1. The van der Waals surface area contributed by atoms with E-state index in [4.69, 9.17) is 4.74 Å². The van der Waals surface area contributed by atoms with E-state index in [1.165, 1.54) is 0 Å². The van der Waals surface area contributed by atoms with Crippen LogP contribution in [0.5, 0.6) is 0 Å². The van der Waals surface area contributed by atoms with Crippen molar-refractivity contribution < 1.29 is 14.3 Å². The lowest BCUT2D eigenvalue weighted by atomic mass is 10.0. The Morgan fingerprint density at radius 2 is 2.19 bits per heavy atom. The lowest BCUT2D eigenvalue weighted by Crippen LogP contribution is -2.24. The Kier molecular flexibility index (Phi) is 2.90. The minimum atomic E-state index is -0.435. The molecule has 0 aromatic heterocycles. The molecular formula is C12H13NO3. The number of nitrogens with one attached hydrogen (secondary N) is 1. The summed E-state index contributed by atoms with van der Waals surface area (Å²) >= 11 is 0. The lowest BCUT2D eigenvalue weighted by Gasteiger charge is -2.09. The Morgan fingerprint density at radius 1 is 1.44 bits per heavy atom. The maximum atomic E-state index is 11.5. The first-order valence-corrected chi connectivity index (χ1v) is 5.29. The Balaban J connectivity index is 2.15. The second-order valence-corrected chi connectivity index (χ2v) is 3.64. The van der Waals surface area contributed by atoms with Crippen molar-refractivity contribution >= 4 is 11.9 Å². The van der Waals surface area contributed by atoms with E-state index in [0.29, 0.717) is 12.1 Å². The topological polar surface area (TPSA) is 55.4 Å². The zero-order valence-corrected chi connectivity index (χ0v) is 9.03. The molecule has 0 bridgehead atoms. The van der Waals surface area contributed by atoms with E-state index in [0.717, 1.165) is 5.56 Å². The van der Waals surface area contributed by atoms with Crippen LogP contribution in [0, 0.1) is 0 Å². The molecule has 0 aliphatic carbocycles. The molecule has 1 unspecified atom stereocenters. The van der Waals surface area contributed by atoms with Gasteiger partial charge in [0.1, 0.15) is 6.10 Å². The number of carbonyl (C=O) groups is 2. The summed E-state index contributed by atoms with van der Waals surface area (Å²) in [6, 6.07) is 7.17. The molecule has 4 nitrogen and oxygen atoms in total. The number of hydrogen-bond acceptors (Lipinski definition) is 3. The SMILES string of the molecule is CCNC(=O)CC1OC(=O)c2ccccc21. The maximum absolute atomic E-state index is 11.5. The summed E-state index contributed by atoms with van der Waals surface area (Å²) in [6.07, 6.45) is -0.244. The fraction of sp³-hybridized carbons (Fsp3) is 0.333. The number of cyclic esters (lactones) is 1. The molecule has 1 amide bonds. The smallest absolute Gasteiger partial charge is 0.339 e. The average Bonchev–Trinajstić information content (AvgIpc) is 2.57. The number of hydrogen-bond donors (Lipinski definition) is 1. The van der Waals surface area contributed by atoms with Crippen LogP contribution in [0.3, 0.4) is 0 Å². The van der Waals surface area contributed by atoms with E-state index in [-0.39, 0.29) is 18.3 Å². The molecule has 0 radical (unpaired) electrons. The molecule has 1 aromatic carbocycles. The van der Waals surface area contributed by atoms with Gasteiger partial charge in [-0.05, 0) is 13.0 Å². The van der Waals surface area contributed by atoms with Crippen molar-refractivity contribution in [1.29, 1.82) is 0 Å². The Labute approximate surface area is 93.6 Å². The van der Waals surface area contributed by atoms with Gasteiger partial charge in [-0.2, -0.15) is 0 Å². The number of benzene rings is 1. The van der Waals surface area contributed by atoms with Crippen LogP contribution in [0.1, 0.15) is 35.4 Å². The van der Waals surface area contributed by atoms with Gasteiger partial charge in [-0.25, -0.2) is 4.79 Å². The van der Waals surface area contributed by atoms with Crippen LogP contribution in [-0.2, 0) is 9.53 Å². The van der Waals surface area contributed by atoms with Crippen molar-refractivity contribution in [3.05, 3.63) is 35.4 Å². The van der Waals surface area contributed by atoms with Gasteiger partial charge in [-0.1, -0.05) is 18.2 Å². The van der Waals surface area contributed by atoms with Crippen molar-refractivity contribution in [2.24, 2.45) is 0 Å². The number of esters is 1. The number of carbonyl (C=O) groups excluding carboxylic acids is 2. The van der Waals surface area contributed by atoms with E-state index in [9.17, 15) is 9.59 Å². The summed E-state index contributed by atoms with van der Waals surface area (Å²) in [5.74, 6) is -0.443. The number of rotatable bonds is 3. The van der Waals surface area contributed by atoms with E-state index < -0.39 is 6.10 Å². The molecule has 1 heterocycles. The van der Waals surface area contributed by atoms with E-state index in [1.54, 1.807) is 12.1 Å². The number of fused-ring (bicyclic) bond motifs is 1. The first-order valence-electron chi connectivity index (χ1n) is 5.29. The van der Waals surface area contributed by atoms with E-state index in [2.05, 4.69) is 5.32 Å². The molecule has 1 aromatic rings. The predicted molar refractivity (Wildman–Crippen MR) is 57.9 cm³/mol. The summed E-state index contributed by atoms with van der Waals surface area (Å²) in [5.41, 5.74) is 1.37. The fourth-order valence-corrected chi connectivity index (χ4v) is 1.81. The molecule has 1 aliphatic rings. The van der Waals surface area contributed by atoms with Crippen LogP contribution in [0.2, 0.25) is 0 Å². The minimum absolute atomic E-state index is 0.1000. The maximum Gasteiger partial charge on any atom is 0.339 e. The Hall–Kier alpha value is -1.84. The van der Waals surface area contributed by atoms with Crippen LogP contribution in [-0.4, -0.2) is 18.4 Å². The lowest BCUT2D eigenvalue weighted by molar-refractivity contribution is -0.122. The fourth-order valence-electron chi connectivity index (χ4n) is 1.81. The first-order chi connectivity index (χ1) is 7.72. The van der Waals surface area contributed by atoms with Crippen LogP contribution in [0.15, 0.2) is 24.3 Å². The van der Waals surface area contributed by atoms with Gasteiger partial charge in [0, 0.05) is 12.1 Å². The highest BCUT2D eigenvalue weighted by Crippen LogP contribution is 2.32. The van der Waals surface area contributed by atoms with Crippen molar-refractivity contribution in [2.45, 2.75) is 19.4 Å². The van der Waals surface area contributed by atoms with Gasteiger partial charge >= 0.3 is 5.97 Å². The van der Waals surface area contributed by atoms with Gasteiger partial charge in [0.2, 0.25) is 5.91 Å². The predicted octanol–water partition coefficient (Wildman–Crippen LogP) is 1.42. The van der Waals surface area contributed by atoms with E-state index in [1.807, 2.05) is 19.1 Å². The van der Waals surface area contributed by atoms with Gasteiger partial charge in [0.15, 0.2) is 0 Å². The van der Waals surface area contributed by atoms with Gasteiger partial charge in [-0.15, -0.1) is 0 Å². The standard InChI is InChI=1S/C12H13NO3/c1-2-13-11(14)7-10-8-5-3-4-6-9(8)12(15)16-10/h3-6,10H,2,7H2,1H3,(H,13,14). The zero-order valence-electron chi connectivity index (χ0n) is 9.03. The second kappa shape index (κ2) is 4.35. The molecule has 0 spiro atoms. The highest BCUT2D eigenvalue weighted by atomic mass is 16.5. The van der Waals surface area contributed by atoms with Gasteiger partial charge in [0.05, 0.1) is 12.0 Å². The summed E-state index contributed by atoms with van der Waals surface area (Å²) < 4.78 is 5.15. The molecule has 1 atom stereocenters. The third-order valence-electron chi connectivity index (χ3n) is 2.52. The molecule has 1 N–H and O–H groups in total. The van der Waals surface area contributed by atoms with Gasteiger partial charge in [-0.3, -0.25) is 4.79 Å². The summed E-state index contributed by atoms with van der Waals surface area (Å²) in [6.45, 7) is 2.44. The van der Waals surface area contributed by atoms with Crippen LogP contribution < -0.4 is 5.32 Å². The monoisotopic (exact) mass is 219 g/mol. The molecule has 84 valence electrons. The summed E-state index contributed by atoms with van der Waals surface area (Å²) in [5, 5.41) is 2.69. The zero-order chi connectivity index (χ0) is 11.5. The van der Waals surface area contributed by atoms with Gasteiger partial charge < -0.3 is 10.1 Å². The quantitative estimate of drug-likeness (QED) is 0.782. The third-order valence-corrected chi connectivity index (χ3v) is 2.52. The highest BCUT2D eigenvalue weighted by molar-refractivity contribution is 5.94. The Bertz CT molecular complexity index is 428. The van der Waals surface area contributed by atoms with Crippen molar-refractivity contribution in [1.82, 2.24) is 5.32 Å². The summed E-state index contributed by atoms with van der Waals surface area (Å²) in [7, 11) is 0. The summed E-state index contributed by atoms with van der Waals surface area (Å²) in [4.78, 5) is 22.9. The Morgan fingerprint density at radius 3 is 2.94 bits per heavy atom. The van der Waals surface area contributed by atoms with Crippen molar-refractivity contribution in [3.63, 3.8) is 0 Å². The number of amides is 1. The molecule has 4 heteroatoms. The molecule has 16 heavy (non-hydrogen) atoms. The highest BCUT2D eigenvalue weighted by Gasteiger charge is 2.31. The average molecular weight is 219 g/mol. The largest absolute Gasteiger partial charge is 0.453 e. The molecule has 1 aliphatic heterocycles. The first kappa shape index (κ1) is 10.7. The van der Waals surface area contributed by atoms with Crippen LogP contribution >= 0.6 is 0 Å². The van der Waals surface area contributed by atoms with E-state index >= 15 is 0 Å². The van der Waals surface area contributed by atoms with Gasteiger partial charge in [0.25, 0.3) is 0 Å². The normalized spacial score (nSPS) is 17.8. The molecule has 2 rings (SSSR count). The minimum Gasteiger partial charge on any atom is -0.453 e. The van der Waals surface area contributed by atoms with Crippen molar-refractivity contribution in [3.8, 4) is 0 Å². The molecular weight excluding hydrogens is 206 g/mol. The third kappa shape index (κ3) is 1.91. The van der Waals surface area contributed by atoms with Crippen LogP contribution in [0.4, 0.5) is 0 Å². The molecule has 0 saturated heterocycles. The molecule has 0 saturated carbocycles.